The van der Waals surface area contributed by atoms with E-state index in [1.54, 1.807) is 6.20 Å². The van der Waals surface area contributed by atoms with Gasteiger partial charge >= 0.3 is 0 Å². The number of hydrogen-bond donors (Lipinski definition) is 1. The van der Waals surface area contributed by atoms with Gasteiger partial charge in [-0.2, -0.15) is 0 Å². The Morgan fingerprint density at radius 2 is 1.92 bits per heavy atom. The van der Waals surface area contributed by atoms with Crippen LogP contribution in [0.15, 0.2) is 54.7 Å². The van der Waals surface area contributed by atoms with Crippen LogP contribution in [0.4, 0.5) is 5.13 Å². The average Bonchev–Trinajstić information content (AvgIpc) is 3.05. The number of benzene rings is 2. The van der Waals surface area contributed by atoms with Crippen molar-refractivity contribution in [1.29, 1.82) is 0 Å². The molecule has 0 aliphatic carbocycles. The van der Waals surface area contributed by atoms with Crippen molar-refractivity contribution in [1.82, 2.24) is 4.98 Å². The van der Waals surface area contributed by atoms with E-state index in [0.717, 1.165) is 27.3 Å². The molecule has 0 aliphatic rings. The van der Waals surface area contributed by atoms with Crippen LogP contribution < -0.4 is 10.1 Å². The van der Waals surface area contributed by atoms with Gasteiger partial charge in [-0.15, -0.1) is 0 Å². The average molecular weight is 338 g/mol. The number of nitrogens with zero attached hydrogens (tertiary/aromatic N) is 1. The van der Waals surface area contributed by atoms with Crippen LogP contribution in [0.5, 0.6) is 5.75 Å². The fourth-order valence-corrected chi connectivity index (χ4v) is 3.08. The van der Waals surface area contributed by atoms with Crippen LogP contribution in [0, 0.1) is 13.8 Å². The van der Waals surface area contributed by atoms with Gasteiger partial charge in [-0.3, -0.25) is 10.1 Å². The topological polar surface area (TPSA) is 51.2 Å². The molecule has 0 radical (unpaired) electrons. The first-order chi connectivity index (χ1) is 11.6. The van der Waals surface area contributed by atoms with Crippen LogP contribution >= 0.6 is 11.3 Å². The number of aromatic nitrogens is 1. The molecule has 3 aromatic rings. The third kappa shape index (κ3) is 3.81. The van der Waals surface area contributed by atoms with Crippen molar-refractivity contribution in [2.75, 3.05) is 11.9 Å². The Bertz CT molecular complexity index is 844. The van der Waals surface area contributed by atoms with Crippen LogP contribution in [0.2, 0.25) is 0 Å². The molecule has 0 fully saturated rings. The smallest absolute Gasteiger partial charge is 0.264 e. The van der Waals surface area contributed by atoms with E-state index in [4.69, 9.17) is 4.74 Å². The summed E-state index contributed by atoms with van der Waals surface area (Å²) in [6.45, 7) is 3.96. The van der Waals surface area contributed by atoms with Gasteiger partial charge in [0.05, 0.1) is 4.88 Å². The summed E-state index contributed by atoms with van der Waals surface area (Å²) in [6, 6.07) is 15.8. The Hall–Kier alpha value is -2.66. The maximum absolute atomic E-state index is 12.1. The minimum absolute atomic E-state index is 0.0372. The summed E-state index contributed by atoms with van der Waals surface area (Å²) < 4.78 is 5.61. The molecule has 0 aliphatic heterocycles. The van der Waals surface area contributed by atoms with Gasteiger partial charge in [0.1, 0.15) is 5.75 Å². The normalized spacial score (nSPS) is 10.4. The molecule has 0 bridgehead atoms. The lowest BCUT2D eigenvalue weighted by Crippen LogP contribution is -2.20. The van der Waals surface area contributed by atoms with Crippen molar-refractivity contribution in [3.63, 3.8) is 0 Å². The second-order valence-electron chi connectivity index (χ2n) is 5.43. The lowest BCUT2D eigenvalue weighted by atomic mass is 10.1. The van der Waals surface area contributed by atoms with Gasteiger partial charge in [0, 0.05) is 6.20 Å². The molecule has 0 saturated heterocycles. The number of amides is 1. The monoisotopic (exact) mass is 338 g/mol. The van der Waals surface area contributed by atoms with Crippen molar-refractivity contribution in [2.45, 2.75) is 13.8 Å². The number of thiazole rings is 1. The first kappa shape index (κ1) is 16.2. The van der Waals surface area contributed by atoms with E-state index in [0.29, 0.717) is 5.13 Å². The molecule has 0 spiro atoms. The van der Waals surface area contributed by atoms with Crippen molar-refractivity contribution in [3.8, 4) is 16.2 Å². The molecule has 1 heterocycles. The lowest BCUT2D eigenvalue weighted by molar-refractivity contribution is -0.118. The van der Waals surface area contributed by atoms with E-state index in [9.17, 15) is 4.79 Å². The van der Waals surface area contributed by atoms with Crippen molar-refractivity contribution < 1.29 is 9.53 Å². The Morgan fingerprint density at radius 3 is 2.71 bits per heavy atom. The van der Waals surface area contributed by atoms with Crippen molar-refractivity contribution in [3.05, 3.63) is 65.9 Å². The Labute approximate surface area is 145 Å². The predicted molar refractivity (Wildman–Crippen MR) is 97.6 cm³/mol. The molecule has 5 heteroatoms. The molecule has 24 heavy (non-hydrogen) atoms. The number of carbonyl (C=O) groups excluding carboxylic acids is 1. The second kappa shape index (κ2) is 7.27. The van der Waals surface area contributed by atoms with Crippen molar-refractivity contribution >= 4 is 22.4 Å². The Kier molecular flexibility index (Phi) is 4.91. The quantitative estimate of drug-likeness (QED) is 0.748. The van der Waals surface area contributed by atoms with Crippen molar-refractivity contribution in [2.24, 2.45) is 0 Å². The highest BCUT2D eigenvalue weighted by Crippen LogP contribution is 2.28. The largest absolute Gasteiger partial charge is 0.483 e. The fraction of sp³-hybridized carbons (Fsp3) is 0.158. The van der Waals surface area contributed by atoms with Gasteiger partial charge in [0.15, 0.2) is 11.7 Å². The molecular weight excluding hydrogens is 320 g/mol. The molecule has 0 saturated carbocycles. The first-order valence-electron chi connectivity index (χ1n) is 7.63. The van der Waals surface area contributed by atoms with Crippen LogP contribution in [0.1, 0.15) is 11.1 Å². The number of hydrogen-bond acceptors (Lipinski definition) is 4. The second-order valence-corrected chi connectivity index (χ2v) is 6.46. The van der Waals surface area contributed by atoms with Gasteiger partial charge in [-0.05, 0) is 36.6 Å². The molecule has 122 valence electrons. The molecule has 4 nitrogen and oxygen atoms in total. The van der Waals surface area contributed by atoms with E-state index >= 15 is 0 Å². The molecule has 1 amide bonds. The van der Waals surface area contributed by atoms with Gasteiger partial charge in [0.25, 0.3) is 5.91 Å². The molecular formula is C19H18N2O2S. The lowest BCUT2D eigenvalue weighted by Gasteiger charge is -2.10. The van der Waals surface area contributed by atoms with Gasteiger partial charge in [0.2, 0.25) is 0 Å². The number of carbonyl (C=O) groups is 1. The van der Waals surface area contributed by atoms with Crippen LogP contribution in [-0.4, -0.2) is 17.5 Å². The number of anilines is 1. The molecule has 2 aromatic carbocycles. The molecule has 1 aromatic heterocycles. The summed E-state index contributed by atoms with van der Waals surface area (Å²) in [5, 5.41) is 3.35. The summed E-state index contributed by atoms with van der Waals surface area (Å²) in [4.78, 5) is 17.3. The van der Waals surface area contributed by atoms with E-state index in [-0.39, 0.29) is 12.5 Å². The molecule has 0 unspecified atom stereocenters. The number of ether oxygens (including phenoxy) is 1. The minimum atomic E-state index is -0.218. The number of rotatable bonds is 5. The predicted octanol–water partition coefficient (Wildman–Crippen LogP) is 4.44. The maximum atomic E-state index is 12.1. The van der Waals surface area contributed by atoms with Gasteiger partial charge in [-0.25, -0.2) is 4.98 Å². The van der Waals surface area contributed by atoms with E-state index in [1.165, 1.54) is 11.3 Å². The van der Waals surface area contributed by atoms with E-state index in [2.05, 4.69) is 10.3 Å². The zero-order valence-corrected chi connectivity index (χ0v) is 14.4. The highest BCUT2D eigenvalue weighted by molar-refractivity contribution is 7.19. The SMILES string of the molecule is Cc1cccc(OCC(=O)Nc2ncc(-c3ccccc3)s2)c1C. The highest BCUT2D eigenvalue weighted by Gasteiger charge is 2.10. The summed E-state index contributed by atoms with van der Waals surface area (Å²) in [5.74, 6) is 0.513. The zero-order valence-electron chi connectivity index (χ0n) is 13.6. The van der Waals surface area contributed by atoms with Gasteiger partial charge < -0.3 is 4.74 Å². The Morgan fingerprint density at radius 1 is 1.12 bits per heavy atom. The Balaban J connectivity index is 1.59. The van der Waals surface area contributed by atoms with Gasteiger partial charge in [-0.1, -0.05) is 53.8 Å². The minimum Gasteiger partial charge on any atom is -0.483 e. The molecule has 1 N–H and O–H groups in total. The third-order valence-electron chi connectivity index (χ3n) is 3.72. The maximum Gasteiger partial charge on any atom is 0.264 e. The molecule has 0 atom stereocenters. The van der Waals surface area contributed by atoms with E-state index < -0.39 is 0 Å². The molecule has 3 rings (SSSR count). The number of aryl methyl sites for hydroxylation is 1. The highest BCUT2D eigenvalue weighted by atomic mass is 32.1. The van der Waals surface area contributed by atoms with E-state index in [1.807, 2.05) is 62.4 Å². The first-order valence-corrected chi connectivity index (χ1v) is 8.45. The third-order valence-corrected chi connectivity index (χ3v) is 4.69. The summed E-state index contributed by atoms with van der Waals surface area (Å²) in [6.07, 6.45) is 1.77. The number of nitrogens with one attached hydrogen (secondary N) is 1. The summed E-state index contributed by atoms with van der Waals surface area (Å²) >= 11 is 1.44. The zero-order chi connectivity index (χ0) is 16.9. The standard InChI is InChI=1S/C19H18N2O2S/c1-13-7-6-10-16(14(13)2)23-12-18(22)21-19-20-11-17(24-19)15-8-4-3-5-9-15/h3-11H,12H2,1-2H3,(H,20,21,22). The summed E-state index contributed by atoms with van der Waals surface area (Å²) in [5.41, 5.74) is 3.27. The van der Waals surface area contributed by atoms with Crippen LogP contribution in [-0.2, 0) is 4.79 Å². The fourth-order valence-electron chi connectivity index (χ4n) is 2.25. The van der Waals surface area contributed by atoms with Crippen LogP contribution in [0.25, 0.3) is 10.4 Å². The summed E-state index contributed by atoms with van der Waals surface area (Å²) in [7, 11) is 0. The van der Waals surface area contributed by atoms with Crippen LogP contribution in [0.3, 0.4) is 0 Å².